The minimum absolute atomic E-state index is 0.226. The number of hydrogen-bond donors (Lipinski definition) is 2. The lowest BCUT2D eigenvalue weighted by molar-refractivity contribution is 0.0997. The Kier molecular flexibility index (Phi) is 2.83. The summed E-state index contributed by atoms with van der Waals surface area (Å²) in [7, 11) is 0. The number of para-hydroxylation sites is 1. The van der Waals surface area contributed by atoms with Crippen molar-refractivity contribution in [2.75, 3.05) is 5.32 Å². The van der Waals surface area contributed by atoms with E-state index in [0.717, 1.165) is 10.9 Å². The third-order valence-corrected chi connectivity index (χ3v) is 2.97. The SMILES string of the molecule is Cc1c(C(=O)Nc2ccnc(=O)[nH]2)oc2ccccc12. The third-order valence-electron chi connectivity index (χ3n) is 2.97. The van der Waals surface area contributed by atoms with Gasteiger partial charge in [-0.05, 0) is 19.1 Å². The van der Waals surface area contributed by atoms with Crippen LogP contribution in [0.25, 0.3) is 11.0 Å². The smallest absolute Gasteiger partial charge is 0.346 e. The van der Waals surface area contributed by atoms with Crippen LogP contribution in [0.2, 0.25) is 0 Å². The summed E-state index contributed by atoms with van der Waals surface area (Å²) < 4.78 is 5.54. The highest BCUT2D eigenvalue weighted by molar-refractivity contribution is 6.05. The molecule has 0 bridgehead atoms. The maximum atomic E-state index is 12.2. The van der Waals surface area contributed by atoms with Crippen LogP contribution in [0.5, 0.6) is 0 Å². The normalized spacial score (nSPS) is 10.7. The van der Waals surface area contributed by atoms with Crippen LogP contribution in [-0.4, -0.2) is 15.9 Å². The molecule has 1 aromatic carbocycles. The van der Waals surface area contributed by atoms with E-state index in [1.807, 2.05) is 25.1 Å². The molecule has 2 N–H and O–H groups in total. The van der Waals surface area contributed by atoms with Crippen molar-refractivity contribution in [3.8, 4) is 0 Å². The summed E-state index contributed by atoms with van der Waals surface area (Å²) in [5.74, 6) is 0.0827. The van der Waals surface area contributed by atoms with Gasteiger partial charge in [-0.3, -0.25) is 9.78 Å². The van der Waals surface area contributed by atoms with Gasteiger partial charge in [-0.15, -0.1) is 0 Å². The van der Waals surface area contributed by atoms with Crippen molar-refractivity contribution in [2.45, 2.75) is 6.92 Å². The van der Waals surface area contributed by atoms with Gasteiger partial charge in [0.1, 0.15) is 11.4 Å². The zero-order valence-corrected chi connectivity index (χ0v) is 10.6. The van der Waals surface area contributed by atoms with E-state index in [2.05, 4.69) is 15.3 Å². The molecule has 100 valence electrons. The summed E-state index contributed by atoms with van der Waals surface area (Å²) in [5.41, 5.74) is 0.886. The molecule has 20 heavy (non-hydrogen) atoms. The minimum Gasteiger partial charge on any atom is -0.451 e. The number of fused-ring (bicyclic) bond motifs is 1. The number of benzene rings is 1. The fraction of sp³-hybridized carbons (Fsp3) is 0.0714. The molecule has 0 saturated heterocycles. The minimum atomic E-state index is -0.524. The van der Waals surface area contributed by atoms with Crippen LogP contribution < -0.4 is 11.0 Å². The molecule has 0 aliphatic carbocycles. The number of amides is 1. The number of carbonyl (C=O) groups excluding carboxylic acids is 1. The van der Waals surface area contributed by atoms with E-state index >= 15 is 0 Å². The number of aromatic nitrogens is 2. The molecule has 0 saturated carbocycles. The molecule has 0 radical (unpaired) electrons. The Hall–Kier alpha value is -2.89. The number of aromatic amines is 1. The second-order valence-corrected chi connectivity index (χ2v) is 4.30. The molecule has 1 amide bonds. The molecule has 2 heterocycles. The van der Waals surface area contributed by atoms with Gasteiger partial charge in [0.15, 0.2) is 5.76 Å². The Morgan fingerprint density at radius 1 is 1.30 bits per heavy atom. The molecule has 0 spiro atoms. The number of nitrogens with zero attached hydrogens (tertiary/aromatic N) is 1. The van der Waals surface area contributed by atoms with Gasteiger partial charge < -0.3 is 9.73 Å². The third kappa shape index (κ3) is 2.07. The van der Waals surface area contributed by atoms with Crippen LogP contribution in [0.1, 0.15) is 16.1 Å². The molecule has 6 nitrogen and oxygen atoms in total. The summed E-state index contributed by atoms with van der Waals surface area (Å²) in [5, 5.41) is 3.46. The summed E-state index contributed by atoms with van der Waals surface area (Å²) in [4.78, 5) is 29.2. The number of carbonyl (C=O) groups is 1. The van der Waals surface area contributed by atoms with E-state index < -0.39 is 11.6 Å². The molecule has 0 unspecified atom stereocenters. The fourth-order valence-electron chi connectivity index (χ4n) is 2.01. The first-order valence-corrected chi connectivity index (χ1v) is 6.00. The first kappa shape index (κ1) is 12.2. The van der Waals surface area contributed by atoms with Gasteiger partial charge in [-0.1, -0.05) is 18.2 Å². The van der Waals surface area contributed by atoms with Crippen LogP contribution >= 0.6 is 0 Å². The number of aryl methyl sites for hydroxylation is 1. The first-order chi connectivity index (χ1) is 9.65. The van der Waals surface area contributed by atoms with Gasteiger partial charge in [-0.2, -0.15) is 0 Å². The molecule has 0 aliphatic heterocycles. The average molecular weight is 269 g/mol. The topological polar surface area (TPSA) is 88.0 Å². The molecule has 6 heteroatoms. The van der Waals surface area contributed by atoms with Crippen molar-refractivity contribution < 1.29 is 9.21 Å². The number of rotatable bonds is 2. The molecule has 2 aromatic heterocycles. The summed E-state index contributed by atoms with van der Waals surface area (Å²) in [6.45, 7) is 1.82. The summed E-state index contributed by atoms with van der Waals surface area (Å²) >= 11 is 0. The van der Waals surface area contributed by atoms with E-state index in [4.69, 9.17) is 4.42 Å². The van der Waals surface area contributed by atoms with Crippen molar-refractivity contribution >= 4 is 22.7 Å². The Labute approximate surface area is 113 Å². The van der Waals surface area contributed by atoms with Crippen molar-refractivity contribution in [1.82, 2.24) is 9.97 Å². The Morgan fingerprint density at radius 2 is 2.10 bits per heavy atom. The van der Waals surface area contributed by atoms with Gasteiger partial charge in [0.2, 0.25) is 0 Å². The zero-order valence-electron chi connectivity index (χ0n) is 10.6. The van der Waals surface area contributed by atoms with Gasteiger partial charge >= 0.3 is 5.69 Å². The maximum Gasteiger partial charge on any atom is 0.346 e. The average Bonchev–Trinajstić information content (AvgIpc) is 2.77. The van der Waals surface area contributed by atoms with Gasteiger partial charge in [0, 0.05) is 17.1 Å². The molecule has 3 rings (SSSR count). The van der Waals surface area contributed by atoms with Crippen molar-refractivity contribution in [2.24, 2.45) is 0 Å². The number of furan rings is 1. The van der Waals surface area contributed by atoms with Crippen LogP contribution in [0.4, 0.5) is 5.82 Å². The predicted molar refractivity (Wildman–Crippen MR) is 73.8 cm³/mol. The lowest BCUT2D eigenvalue weighted by Gasteiger charge is -2.02. The second-order valence-electron chi connectivity index (χ2n) is 4.30. The van der Waals surface area contributed by atoms with Gasteiger partial charge in [-0.25, -0.2) is 9.78 Å². The predicted octanol–water partition coefficient (Wildman–Crippen LogP) is 2.08. The molecular weight excluding hydrogens is 258 g/mol. The highest BCUT2D eigenvalue weighted by Gasteiger charge is 2.17. The van der Waals surface area contributed by atoms with E-state index in [0.29, 0.717) is 5.58 Å². The summed E-state index contributed by atoms with van der Waals surface area (Å²) in [6, 6.07) is 8.91. The van der Waals surface area contributed by atoms with E-state index in [9.17, 15) is 9.59 Å². The quantitative estimate of drug-likeness (QED) is 0.745. The van der Waals surface area contributed by atoms with Crippen LogP contribution in [0, 0.1) is 6.92 Å². The van der Waals surface area contributed by atoms with Crippen LogP contribution in [-0.2, 0) is 0 Å². The maximum absolute atomic E-state index is 12.2. The molecule has 3 aromatic rings. The lowest BCUT2D eigenvalue weighted by atomic mass is 10.1. The number of nitrogens with one attached hydrogen (secondary N) is 2. The van der Waals surface area contributed by atoms with E-state index in [1.165, 1.54) is 12.3 Å². The zero-order chi connectivity index (χ0) is 14.1. The Balaban J connectivity index is 1.97. The lowest BCUT2D eigenvalue weighted by Crippen LogP contribution is -2.17. The fourth-order valence-corrected chi connectivity index (χ4v) is 2.01. The molecule has 0 atom stereocenters. The number of H-pyrrole nitrogens is 1. The van der Waals surface area contributed by atoms with E-state index in [-0.39, 0.29) is 11.6 Å². The van der Waals surface area contributed by atoms with Gasteiger partial charge in [0.05, 0.1) is 0 Å². The van der Waals surface area contributed by atoms with Crippen molar-refractivity contribution in [3.63, 3.8) is 0 Å². The largest absolute Gasteiger partial charge is 0.451 e. The van der Waals surface area contributed by atoms with Crippen LogP contribution in [0.15, 0.2) is 45.7 Å². The molecule has 0 fully saturated rings. The Bertz CT molecular complexity index is 848. The number of anilines is 1. The first-order valence-electron chi connectivity index (χ1n) is 6.00. The molecule has 0 aliphatic rings. The van der Waals surface area contributed by atoms with Crippen molar-refractivity contribution in [3.05, 3.63) is 58.3 Å². The highest BCUT2D eigenvalue weighted by Crippen LogP contribution is 2.25. The Morgan fingerprint density at radius 3 is 2.85 bits per heavy atom. The highest BCUT2D eigenvalue weighted by atomic mass is 16.3. The monoisotopic (exact) mass is 269 g/mol. The number of hydrogen-bond acceptors (Lipinski definition) is 4. The standard InChI is InChI=1S/C14H11N3O3/c1-8-9-4-2-3-5-10(9)20-12(8)13(18)16-11-6-7-15-14(19)17-11/h2-7H,1H3,(H2,15,16,17,18,19). The van der Waals surface area contributed by atoms with Crippen LogP contribution in [0.3, 0.4) is 0 Å². The second kappa shape index (κ2) is 4.65. The molecular formula is C14H11N3O3. The van der Waals surface area contributed by atoms with E-state index in [1.54, 1.807) is 6.07 Å². The summed E-state index contributed by atoms with van der Waals surface area (Å²) in [6.07, 6.45) is 1.32. The van der Waals surface area contributed by atoms with Crippen molar-refractivity contribution in [1.29, 1.82) is 0 Å². The van der Waals surface area contributed by atoms with Gasteiger partial charge in [0.25, 0.3) is 5.91 Å².